The zero-order valence-electron chi connectivity index (χ0n) is 29.5. The Morgan fingerprint density at radius 2 is 1.64 bits per heavy atom. The van der Waals surface area contributed by atoms with Crippen LogP contribution in [0.5, 0.6) is 0 Å². The van der Waals surface area contributed by atoms with E-state index >= 15 is 0 Å². The zero-order chi connectivity index (χ0) is 31.9. The molecule has 1 unspecified atom stereocenters. The van der Waals surface area contributed by atoms with E-state index in [1.807, 2.05) is 0 Å². The van der Waals surface area contributed by atoms with Crippen LogP contribution in [0.1, 0.15) is 106 Å². The molecule has 45 heavy (non-hydrogen) atoms. The maximum Gasteiger partial charge on any atom is 0.223 e. The molecular formula is C40H64N2O3. The number of carbonyl (C=O) groups excluding carboxylic acids is 1. The van der Waals surface area contributed by atoms with Crippen molar-refractivity contribution < 1.29 is 14.6 Å². The summed E-state index contributed by atoms with van der Waals surface area (Å²) in [6.07, 6.45) is 16.2. The molecule has 0 radical (unpaired) electrons. The van der Waals surface area contributed by atoms with E-state index in [0.717, 1.165) is 58.0 Å². The van der Waals surface area contributed by atoms with E-state index in [4.69, 9.17) is 4.74 Å². The van der Waals surface area contributed by atoms with Crippen LogP contribution in [0.25, 0.3) is 0 Å². The average Bonchev–Trinajstić information content (AvgIpc) is 3.60. The number of morpholine rings is 1. The molecule has 13 atom stereocenters. The molecule has 0 aromatic heterocycles. The first-order valence-corrected chi connectivity index (χ1v) is 18.9. The fourth-order valence-corrected chi connectivity index (χ4v) is 13.9. The summed E-state index contributed by atoms with van der Waals surface area (Å²) in [6.45, 7) is 24.3. The Bertz CT molecular complexity index is 1190. The number of ether oxygens (including phenoxy) is 1. The van der Waals surface area contributed by atoms with Gasteiger partial charge in [0.2, 0.25) is 5.91 Å². The Kier molecular flexibility index (Phi) is 8.25. The number of hydrogen-bond acceptors (Lipinski definition) is 4. The van der Waals surface area contributed by atoms with Crippen molar-refractivity contribution in [3.8, 4) is 0 Å². The third-order valence-electron chi connectivity index (χ3n) is 16.4. The molecule has 1 heterocycles. The summed E-state index contributed by atoms with van der Waals surface area (Å²) in [7, 11) is 0. The Morgan fingerprint density at radius 3 is 2.38 bits per heavy atom. The maximum absolute atomic E-state index is 14.1. The summed E-state index contributed by atoms with van der Waals surface area (Å²) in [4.78, 5) is 16.6. The molecule has 2 N–H and O–H groups in total. The highest BCUT2D eigenvalue weighted by molar-refractivity contribution is 5.80. The van der Waals surface area contributed by atoms with Gasteiger partial charge in [-0.25, -0.2) is 0 Å². The highest BCUT2D eigenvalue weighted by Gasteiger charge is 2.69. The number of fused-ring (bicyclic) bond motifs is 7. The van der Waals surface area contributed by atoms with Gasteiger partial charge in [-0.3, -0.25) is 9.69 Å². The summed E-state index contributed by atoms with van der Waals surface area (Å²) >= 11 is 0. The Balaban J connectivity index is 1.07. The van der Waals surface area contributed by atoms with Crippen LogP contribution in [-0.4, -0.2) is 60.9 Å². The van der Waals surface area contributed by atoms with Crippen LogP contribution in [0, 0.1) is 69.0 Å². The molecular weight excluding hydrogens is 556 g/mol. The number of aliphatic hydroxyl groups excluding tert-OH is 1. The van der Waals surface area contributed by atoms with Crippen LogP contribution >= 0.6 is 0 Å². The molecule has 252 valence electrons. The monoisotopic (exact) mass is 620 g/mol. The topological polar surface area (TPSA) is 61.8 Å². The lowest BCUT2D eigenvalue weighted by Gasteiger charge is -2.72. The largest absolute Gasteiger partial charge is 0.393 e. The summed E-state index contributed by atoms with van der Waals surface area (Å²) in [5.41, 5.74) is 2.22. The van der Waals surface area contributed by atoms with Crippen molar-refractivity contribution in [1.29, 1.82) is 0 Å². The molecule has 1 saturated heterocycles. The van der Waals surface area contributed by atoms with Gasteiger partial charge >= 0.3 is 0 Å². The lowest BCUT2D eigenvalue weighted by molar-refractivity contribution is -0.241. The van der Waals surface area contributed by atoms with Crippen molar-refractivity contribution in [2.45, 2.75) is 118 Å². The number of amides is 1. The van der Waals surface area contributed by atoms with Gasteiger partial charge < -0.3 is 15.2 Å². The minimum absolute atomic E-state index is 0.00213. The normalized spacial score (nSPS) is 50.6. The van der Waals surface area contributed by atoms with Crippen molar-refractivity contribution in [2.24, 2.45) is 69.0 Å². The highest BCUT2D eigenvalue weighted by atomic mass is 16.5. The third-order valence-corrected chi connectivity index (χ3v) is 16.4. The van der Waals surface area contributed by atoms with Gasteiger partial charge in [-0.2, -0.15) is 0 Å². The smallest absolute Gasteiger partial charge is 0.223 e. The van der Waals surface area contributed by atoms with Gasteiger partial charge in [0, 0.05) is 31.6 Å². The fraction of sp³-hybridized carbons (Fsp3) is 0.875. The van der Waals surface area contributed by atoms with Crippen molar-refractivity contribution in [3.63, 3.8) is 0 Å². The van der Waals surface area contributed by atoms with Crippen molar-refractivity contribution in [2.75, 3.05) is 32.8 Å². The van der Waals surface area contributed by atoms with E-state index in [0.29, 0.717) is 57.7 Å². The van der Waals surface area contributed by atoms with Gasteiger partial charge in [-0.15, -0.1) is 0 Å². The summed E-state index contributed by atoms with van der Waals surface area (Å²) < 4.78 is 5.54. The molecule has 1 amide bonds. The number of carbonyl (C=O) groups is 1. The van der Waals surface area contributed by atoms with E-state index in [1.54, 1.807) is 0 Å². The number of nitrogens with one attached hydrogen (secondary N) is 1. The molecule has 5 heteroatoms. The lowest BCUT2D eigenvalue weighted by Crippen LogP contribution is -2.66. The molecule has 7 rings (SSSR count). The van der Waals surface area contributed by atoms with Crippen molar-refractivity contribution >= 4 is 5.91 Å². The second kappa shape index (κ2) is 11.5. The Morgan fingerprint density at radius 1 is 0.911 bits per heavy atom. The highest BCUT2D eigenvalue weighted by Crippen LogP contribution is 2.76. The molecule has 5 nitrogen and oxygen atoms in total. The molecule has 6 fully saturated rings. The van der Waals surface area contributed by atoms with Crippen LogP contribution in [0.3, 0.4) is 0 Å². The standard InChI is InChI=1S/C40H64N2O3/c1-25(2)29-23-30(36(44)41-27-9-8-26(22-27)24-42-18-20-45-21-19-42)28-12-16-39(6)31(35(28)29)10-11-33-38(5)15-14-34(43)37(3,4)32(38)13-17-40(33,39)7/h8-9,26-35,43H,1,10-24H2,2-7H3,(H,41,44)/t26-,27+,28?,29-,30+,31+,32-,33+,34-,35+,38-,39+,40+/m0/s1. The maximum atomic E-state index is 14.1. The number of allylic oxidation sites excluding steroid dienone is 1. The summed E-state index contributed by atoms with van der Waals surface area (Å²) in [6, 6.07) is 0.170. The van der Waals surface area contributed by atoms with Crippen LogP contribution in [-0.2, 0) is 9.53 Å². The second-order valence-electron chi connectivity index (χ2n) is 18.5. The minimum atomic E-state index is -0.171. The quantitative estimate of drug-likeness (QED) is 0.318. The van der Waals surface area contributed by atoms with Gasteiger partial charge in [0.05, 0.1) is 19.3 Å². The first-order valence-electron chi connectivity index (χ1n) is 18.9. The van der Waals surface area contributed by atoms with Crippen molar-refractivity contribution in [3.05, 3.63) is 24.3 Å². The molecule has 0 aromatic carbocycles. The fourth-order valence-electron chi connectivity index (χ4n) is 13.9. The SMILES string of the molecule is C=C(C)[C@@H]1C[C@@H](C(=O)N[C@@H]2C=C[C@H](CN3CCOCC3)C2)C2CC[C@]3(C)[C@H](CC[C@@H]4[C@@]5(C)CC[C@H](O)C(C)(C)[C@@H]5CC[C@]43C)[C@H]21. The van der Waals surface area contributed by atoms with Gasteiger partial charge in [0.25, 0.3) is 0 Å². The number of nitrogens with zero attached hydrogens (tertiary/aromatic N) is 1. The minimum Gasteiger partial charge on any atom is -0.393 e. The van der Waals surface area contributed by atoms with Crippen LogP contribution in [0.4, 0.5) is 0 Å². The van der Waals surface area contributed by atoms with Gasteiger partial charge in [-0.05, 0) is 134 Å². The summed E-state index contributed by atoms with van der Waals surface area (Å²) in [5, 5.41) is 14.6. The molecule has 6 aliphatic carbocycles. The van der Waals surface area contributed by atoms with Gasteiger partial charge in [0.15, 0.2) is 0 Å². The summed E-state index contributed by atoms with van der Waals surface area (Å²) in [5.74, 6) is 4.47. The molecule has 7 aliphatic rings. The van der Waals surface area contributed by atoms with Crippen LogP contribution < -0.4 is 5.32 Å². The number of aliphatic hydroxyl groups is 1. The lowest BCUT2D eigenvalue weighted by atomic mass is 9.33. The molecule has 5 saturated carbocycles. The van der Waals surface area contributed by atoms with E-state index in [1.165, 1.54) is 50.5 Å². The third kappa shape index (κ3) is 4.97. The first kappa shape index (κ1) is 32.4. The van der Waals surface area contributed by atoms with E-state index in [-0.39, 0.29) is 23.5 Å². The average molecular weight is 621 g/mol. The Labute approximate surface area is 274 Å². The van der Waals surface area contributed by atoms with Gasteiger partial charge in [-0.1, -0.05) is 58.9 Å². The second-order valence-corrected chi connectivity index (χ2v) is 18.5. The number of rotatable bonds is 5. The van der Waals surface area contributed by atoms with Crippen LogP contribution in [0.15, 0.2) is 24.3 Å². The van der Waals surface area contributed by atoms with Crippen LogP contribution in [0.2, 0.25) is 0 Å². The first-order chi connectivity index (χ1) is 21.3. The predicted octanol–water partition coefficient (Wildman–Crippen LogP) is 7.25. The molecule has 0 aromatic rings. The van der Waals surface area contributed by atoms with E-state index in [9.17, 15) is 9.90 Å². The molecule has 1 aliphatic heterocycles. The Hall–Kier alpha value is -1.17. The molecule has 0 spiro atoms. The van der Waals surface area contributed by atoms with Gasteiger partial charge in [0.1, 0.15) is 0 Å². The number of hydrogen-bond donors (Lipinski definition) is 2. The van der Waals surface area contributed by atoms with E-state index < -0.39 is 0 Å². The van der Waals surface area contributed by atoms with E-state index in [2.05, 4.69) is 70.5 Å². The van der Waals surface area contributed by atoms with Crippen molar-refractivity contribution in [1.82, 2.24) is 10.2 Å². The zero-order valence-corrected chi connectivity index (χ0v) is 29.5. The molecule has 0 bridgehead atoms. The predicted molar refractivity (Wildman–Crippen MR) is 181 cm³/mol.